The SMILES string of the molecule is CC(N)=NCCCCC(N)C(=O)N(CCNC(=O)C(N)CCCCN=C(N)CF)CCN(CCN(CCNC(=O)C(N)CSCCN=C(C)N)C(=O)C(N)CCCCN=C(C)N)C(=O)C(N)CCCCN=C(C)N. The molecule has 0 fully saturated rings. The minimum atomic E-state index is -0.936. The Morgan fingerprint density at radius 3 is 1.11 bits per heavy atom. The van der Waals surface area contributed by atoms with Crippen molar-refractivity contribution in [3.63, 3.8) is 0 Å². The van der Waals surface area contributed by atoms with Crippen LogP contribution in [0.1, 0.15) is 105 Å². The highest BCUT2D eigenvalue weighted by atomic mass is 32.2. The van der Waals surface area contributed by atoms with Gasteiger partial charge in [-0.15, -0.1) is 0 Å². The Bertz CT molecular complexity index is 1780. The third kappa shape index (κ3) is 35.1. The number of unbranched alkanes of at least 4 members (excludes halogenated alkanes) is 4. The zero-order valence-electron chi connectivity index (χ0n) is 44.9. The first kappa shape index (κ1) is 68.8. The molecule has 0 rings (SSSR count). The standard InChI is InChI=1S/C47H95FN20O5S/c1-33(49)59-17-9-6-14-38(54)45(71)66(24-21-64-43(69)37(53)13-5-12-20-63-42(58)31-48)26-28-68(47(73)40(56)16-8-11-19-61-35(3)51)29-27-67(46(72)39(55)15-7-10-18-60-34(2)50)25-22-65-44(70)41(57)32-74-30-23-62-36(4)52/h37-41H,5-32,53-57H2,1-4H3,(H2,49,59)(H2,50,60)(H2,51,61)(H2,52,62)(H2,58,63)(H,64,69)(H,65,70). The van der Waals surface area contributed by atoms with Crippen LogP contribution in [0.4, 0.5) is 4.39 Å². The Kier molecular flexibility index (Phi) is 39.1. The summed E-state index contributed by atoms with van der Waals surface area (Å²) in [6.07, 6.45) is 6.19. The number of carbonyl (C=O) groups excluding carboxylic acids is 5. The lowest BCUT2D eigenvalue weighted by Gasteiger charge is -2.33. The minimum Gasteiger partial charge on any atom is -0.388 e. The van der Waals surface area contributed by atoms with E-state index in [1.807, 2.05) is 0 Å². The van der Waals surface area contributed by atoms with E-state index >= 15 is 0 Å². The van der Waals surface area contributed by atoms with Crippen molar-refractivity contribution < 1.29 is 28.4 Å². The van der Waals surface area contributed by atoms with Crippen molar-refractivity contribution in [1.29, 1.82) is 0 Å². The Balaban J connectivity index is 6.56. The molecule has 0 saturated heterocycles. The molecule has 5 amide bonds. The number of amides is 5. The zero-order valence-corrected chi connectivity index (χ0v) is 45.7. The van der Waals surface area contributed by atoms with Gasteiger partial charge in [-0.05, 0) is 105 Å². The predicted molar refractivity (Wildman–Crippen MR) is 299 cm³/mol. The lowest BCUT2D eigenvalue weighted by Crippen LogP contribution is -2.54. The smallest absolute Gasteiger partial charge is 0.239 e. The van der Waals surface area contributed by atoms with Crippen LogP contribution in [0.15, 0.2) is 25.0 Å². The molecule has 0 spiro atoms. The number of nitrogens with zero attached hydrogens (tertiary/aromatic N) is 8. The van der Waals surface area contributed by atoms with Crippen LogP contribution < -0.4 is 68.0 Å². The maximum atomic E-state index is 14.3. The summed E-state index contributed by atoms with van der Waals surface area (Å²) in [7, 11) is 0. The minimum absolute atomic E-state index is 0.00104. The number of halogens is 1. The van der Waals surface area contributed by atoms with Crippen molar-refractivity contribution in [2.45, 2.75) is 135 Å². The van der Waals surface area contributed by atoms with E-state index in [1.165, 1.54) is 26.5 Å². The molecule has 5 unspecified atom stereocenters. The second-order valence-electron chi connectivity index (χ2n) is 18.2. The van der Waals surface area contributed by atoms with Crippen molar-refractivity contribution in [2.24, 2.45) is 82.3 Å². The molecule has 0 aromatic rings. The van der Waals surface area contributed by atoms with E-state index in [2.05, 4.69) is 35.6 Å². The second kappa shape index (κ2) is 42.1. The summed E-state index contributed by atoms with van der Waals surface area (Å²) in [6.45, 7) is 8.33. The number of carbonyl (C=O) groups is 5. The Labute approximate surface area is 443 Å². The number of thioether (sulfide) groups is 1. The van der Waals surface area contributed by atoms with Crippen LogP contribution in [0.2, 0.25) is 0 Å². The number of hydrogen-bond donors (Lipinski definition) is 12. The van der Waals surface area contributed by atoms with E-state index in [4.69, 9.17) is 57.3 Å². The Morgan fingerprint density at radius 1 is 0.446 bits per heavy atom. The van der Waals surface area contributed by atoms with E-state index < -0.39 is 60.5 Å². The van der Waals surface area contributed by atoms with Gasteiger partial charge in [0.25, 0.3) is 0 Å². The monoisotopic (exact) mass is 1070 g/mol. The van der Waals surface area contributed by atoms with Crippen LogP contribution in [-0.4, -0.2) is 207 Å². The van der Waals surface area contributed by atoms with Gasteiger partial charge in [0, 0.05) is 96.6 Å². The number of rotatable bonds is 43. The summed E-state index contributed by atoms with van der Waals surface area (Å²) in [5.41, 5.74) is 60.0. The number of nitrogens with one attached hydrogen (secondary N) is 2. The van der Waals surface area contributed by atoms with Crippen LogP contribution in [0.5, 0.6) is 0 Å². The van der Waals surface area contributed by atoms with Gasteiger partial charge in [-0.3, -0.25) is 48.9 Å². The number of amidine groups is 5. The van der Waals surface area contributed by atoms with Gasteiger partial charge in [0.2, 0.25) is 29.5 Å². The third-order valence-corrected chi connectivity index (χ3v) is 12.4. The summed E-state index contributed by atoms with van der Waals surface area (Å²) in [6, 6.07) is -4.41. The van der Waals surface area contributed by atoms with E-state index in [-0.39, 0.29) is 64.1 Å². The molecular formula is C47H95FN20O5S. The summed E-state index contributed by atoms with van der Waals surface area (Å²) in [5.74, 6) is 0.678. The third-order valence-electron chi connectivity index (χ3n) is 11.3. The van der Waals surface area contributed by atoms with E-state index in [9.17, 15) is 28.4 Å². The molecule has 5 atom stereocenters. The van der Waals surface area contributed by atoms with E-state index in [1.54, 1.807) is 27.7 Å². The molecule has 0 aromatic carbocycles. The molecule has 22 N–H and O–H groups in total. The molecule has 426 valence electrons. The predicted octanol–water partition coefficient (Wildman–Crippen LogP) is -2.41. The van der Waals surface area contributed by atoms with Gasteiger partial charge in [0.1, 0.15) is 12.5 Å². The van der Waals surface area contributed by atoms with Crippen molar-refractivity contribution in [3.05, 3.63) is 0 Å². The molecule has 74 heavy (non-hydrogen) atoms. The van der Waals surface area contributed by atoms with Crippen LogP contribution in [0, 0.1) is 0 Å². The van der Waals surface area contributed by atoms with Crippen molar-refractivity contribution >= 4 is 70.5 Å². The Hall–Kier alpha value is -5.22. The van der Waals surface area contributed by atoms with Crippen LogP contribution in [0.25, 0.3) is 0 Å². The summed E-state index contributed by atoms with van der Waals surface area (Å²) >= 11 is 1.46. The largest absolute Gasteiger partial charge is 0.388 e. The summed E-state index contributed by atoms with van der Waals surface area (Å²) < 4.78 is 12.6. The number of aliphatic imine (C=N–C) groups is 5. The van der Waals surface area contributed by atoms with Crippen molar-refractivity contribution in [3.8, 4) is 0 Å². The van der Waals surface area contributed by atoms with Crippen molar-refractivity contribution in [2.75, 3.05) is 103 Å². The average molecular weight is 1070 g/mol. The first-order valence-electron chi connectivity index (χ1n) is 25.8. The topological polar surface area (TPSA) is 441 Å². The Morgan fingerprint density at radius 2 is 0.757 bits per heavy atom. The van der Waals surface area contributed by atoms with E-state index in [0.29, 0.717) is 145 Å². The molecule has 0 saturated carbocycles. The number of nitrogens with two attached hydrogens (primary N) is 10. The summed E-state index contributed by atoms with van der Waals surface area (Å²) in [4.78, 5) is 93.7. The molecule has 0 aliphatic carbocycles. The molecule has 0 aliphatic rings. The highest BCUT2D eigenvalue weighted by molar-refractivity contribution is 7.99. The fourth-order valence-electron chi connectivity index (χ4n) is 7.08. The molecule has 0 aliphatic heterocycles. The first-order valence-corrected chi connectivity index (χ1v) is 26.9. The number of alkyl halides is 1. The maximum Gasteiger partial charge on any atom is 0.239 e. The molecule has 0 heterocycles. The molecule has 0 aromatic heterocycles. The van der Waals surface area contributed by atoms with Crippen LogP contribution in [0.3, 0.4) is 0 Å². The second-order valence-corrected chi connectivity index (χ2v) is 19.4. The molecule has 0 radical (unpaired) electrons. The van der Waals surface area contributed by atoms with Gasteiger partial charge in [0.15, 0.2) is 0 Å². The zero-order chi connectivity index (χ0) is 55.8. The normalized spacial score (nSPS) is 14.7. The van der Waals surface area contributed by atoms with Crippen LogP contribution >= 0.6 is 11.8 Å². The molecule has 0 bridgehead atoms. The van der Waals surface area contributed by atoms with Crippen LogP contribution in [-0.2, 0) is 24.0 Å². The lowest BCUT2D eigenvalue weighted by molar-refractivity contribution is -0.138. The first-order chi connectivity index (χ1) is 35.1. The molecular weight excluding hydrogens is 976 g/mol. The summed E-state index contributed by atoms with van der Waals surface area (Å²) in [5, 5.41) is 5.62. The molecule has 25 nitrogen and oxygen atoms in total. The van der Waals surface area contributed by atoms with Gasteiger partial charge >= 0.3 is 0 Å². The molecule has 27 heteroatoms. The fourth-order valence-corrected chi connectivity index (χ4v) is 7.88. The maximum absolute atomic E-state index is 14.3. The van der Waals surface area contributed by atoms with Gasteiger partial charge in [-0.2, -0.15) is 11.8 Å². The average Bonchev–Trinajstić information content (AvgIpc) is 3.35. The van der Waals surface area contributed by atoms with Gasteiger partial charge in [-0.1, -0.05) is 0 Å². The number of hydrogen-bond acceptors (Lipinski definition) is 16. The lowest BCUT2D eigenvalue weighted by atomic mass is 10.1. The van der Waals surface area contributed by atoms with Gasteiger partial charge in [0.05, 0.1) is 53.6 Å². The highest BCUT2D eigenvalue weighted by Crippen LogP contribution is 2.10. The van der Waals surface area contributed by atoms with Crippen molar-refractivity contribution in [1.82, 2.24) is 25.3 Å². The van der Waals surface area contributed by atoms with Gasteiger partial charge < -0.3 is 82.7 Å². The highest BCUT2D eigenvalue weighted by Gasteiger charge is 2.28. The van der Waals surface area contributed by atoms with E-state index in [0.717, 1.165) is 0 Å². The fraction of sp³-hybridized carbons (Fsp3) is 0.787. The quantitative estimate of drug-likeness (QED) is 0.0172. The van der Waals surface area contributed by atoms with Gasteiger partial charge in [-0.25, -0.2) is 4.39 Å².